The van der Waals surface area contributed by atoms with Gasteiger partial charge in [-0.1, -0.05) is 11.8 Å². The third kappa shape index (κ3) is 3.59. The molecule has 7 nitrogen and oxygen atoms in total. The minimum atomic E-state index is -0.495. The van der Waals surface area contributed by atoms with Crippen molar-refractivity contribution in [2.45, 2.75) is 5.16 Å². The first-order valence-electron chi connectivity index (χ1n) is 5.29. The molecule has 0 aliphatic heterocycles. The zero-order chi connectivity index (χ0) is 14.5. The van der Waals surface area contributed by atoms with Gasteiger partial charge in [0, 0.05) is 0 Å². The smallest absolute Gasteiger partial charge is 0.255 e. The van der Waals surface area contributed by atoms with E-state index in [4.69, 9.17) is 10.4 Å². The van der Waals surface area contributed by atoms with Crippen LogP contribution in [0.4, 0.5) is 5.00 Å². The van der Waals surface area contributed by atoms with Crippen LogP contribution >= 0.6 is 23.1 Å². The second-order valence-corrected chi connectivity index (χ2v) is 5.40. The summed E-state index contributed by atoms with van der Waals surface area (Å²) in [5.74, 6) is -0.739. The molecule has 0 atom stereocenters. The number of hydrogen-bond acceptors (Lipinski definition) is 7. The van der Waals surface area contributed by atoms with Crippen molar-refractivity contribution in [2.75, 3.05) is 11.1 Å². The van der Waals surface area contributed by atoms with Crippen LogP contribution in [0.2, 0.25) is 0 Å². The van der Waals surface area contributed by atoms with Crippen LogP contribution in [0, 0.1) is 11.3 Å². The summed E-state index contributed by atoms with van der Waals surface area (Å²) in [6.45, 7) is 0. The van der Waals surface area contributed by atoms with Crippen molar-refractivity contribution in [2.24, 2.45) is 0 Å². The van der Waals surface area contributed by atoms with Crippen LogP contribution < -0.4 is 10.9 Å². The van der Waals surface area contributed by atoms with Crippen molar-refractivity contribution >= 4 is 34.0 Å². The lowest BCUT2D eigenvalue weighted by molar-refractivity contribution is -0.113. The van der Waals surface area contributed by atoms with Gasteiger partial charge in [-0.25, -0.2) is 0 Å². The molecule has 2 rings (SSSR count). The summed E-state index contributed by atoms with van der Waals surface area (Å²) in [4.78, 5) is 28.9. The Balaban J connectivity index is 1.96. The minimum Gasteiger partial charge on any atom is -0.493 e. The first-order valence-corrected chi connectivity index (χ1v) is 7.15. The lowest BCUT2D eigenvalue weighted by Crippen LogP contribution is -2.15. The second kappa shape index (κ2) is 6.23. The maximum Gasteiger partial charge on any atom is 0.255 e. The maximum absolute atomic E-state index is 11.7. The van der Waals surface area contributed by atoms with Gasteiger partial charge in [0.1, 0.15) is 11.1 Å². The molecular formula is C11H8N4O3S2. The quantitative estimate of drug-likeness (QED) is 0.575. The van der Waals surface area contributed by atoms with E-state index < -0.39 is 11.4 Å². The number of thiophene rings is 1. The fourth-order valence-corrected chi connectivity index (χ4v) is 2.71. The van der Waals surface area contributed by atoms with Gasteiger partial charge in [0.05, 0.1) is 17.4 Å². The number of carbonyl (C=O) groups is 1. The number of H-pyrrole nitrogens is 1. The standard InChI is InChI=1S/C11H8N4O3S2/c12-4-6-1-2-19-10(6)13-9(18)5-20-11-14-7(16)3-8(17)15-11/h1-3H,5H2,(H,13,18)(H2,14,15,16,17). The van der Waals surface area contributed by atoms with Crippen molar-refractivity contribution in [1.29, 1.82) is 5.26 Å². The van der Waals surface area contributed by atoms with E-state index >= 15 is 0 Å². The Morgan fingerprint density at radius 3 is 3.15 bits per heavy atom. The highest BCUT2D eigenvalue weighted by Gasteiger charge is 2.10. The predicted octanol–water partition coefficient (Wildman–Crippen LogP) is 1.14. The van der Waals surface area contributed by atoms with Crippen molar-refractivity contribution in [3.05, 3.63) is 33.4 Å². The molecule has 2 heterocycles. The number of rotatable bonds is 4. The molecule has 0 bridgehead atoms. The lowest BCUT2D eigenvalue weighted by Gasteiger charge is -2.03. The summed E-state index contributed by atoms with van der Waals surface area (Å²) in [6.07, 6.45) is 0. The lowest BCUT2D eigenvalue weighted by atomic mass is 10.3. The Labute approximate surface area is 121 Å². The Kier molecular flexibility index (Phi) is 4.39. The van der Waals surface area contributed by atoms with E-state index in [2.05, 4.69) is 15.3 Å². The maximum atomic E-state index is 11.7. The summed E-state index contributed by atoms with van der Waals surface area (Å²) in [6, 6.07) is 4.52. The van der Waals surface area contributed by atoms with Crippen LogP contribution in [0.1, 0.15) is 5.56 Å². The van der Waals surface area contributed by atoms with Gasteiger partial charge in [0.25, 0.3) is 5.56 Å². The van der Waals surface area contributed by atoms with E-state index in [0.717, 1.165) is 17.8 Å². The van der Waals surface area contributed by atoms with Crippen LogP contribution in [0.25, 0.3) is 0 Å². The number of nitriles is 1. The molecule has 2 aromatic rings. The molecule has 0 aromatic carbocycles. The number of nitrogens with one attached hydrogen (secondary N) is 2. The van der Waals surface area contributed by atoms with Gasteiger partial charge in [0.2, 0.25) is 11.8 Å². The van der Waals surface area contributed by atoms with Crippen LogP contribution in [-0.4, -0.2) is 26.7 Å². The van der Waals surface area contributed by atoms with Gasteiger partial charge in [-0.3, -0.25) is 9.59 Å². The normalized spacial score (nSPS) is 9.95. The molecule has 3 N–H and O–H groups in total. The molecular weight excluding hydrogens is 300 g/mol. The second-order valence-electron chi connectivity index (χ2n) is 3.52. The third-order valence-electron chi connectivity index (χ3n) is 2.09. The molecule has 20 heavy (non-hydrogen) atoms. The molecule has 2 aromatic heterocycles. The number of nitrogens with zero attached hydrogens (tertiary/aromatic N) is 2. The van der Waals surface area contributed by atoms with Gasteiger partial charge in [-0.15, -0.1) is 11.3 Å². The predicted molar refractivity (Wildman–Crippen MR) is 74.9 cm³/mol. The number of aromatic amines is 1. The van der Waals surface area contributed by atoms with Crippen molar-refractivity contribution in [1.82, 2.24) is 9.97 Å². The van der Waals surface area contributed by atoms with E-state index in [1.807, 2.05) is 6.07 Å². The largest absolute Gasteiger partial charge is 0.493 e. The molecule has 102 valence electrons. The number of carbonyl (C=O) groups excluding carboxylic acids is 1. The average molecular weight is 308 g/mol. The number of thioether (sulfide) groups is 1. The topological polar surface area (TPSA) is 119 Å². The minimum absolute atomic E-state index is 0.00480. The fourth-order valence-electron chi connectivity index (χ4n) is 1.28. The van der Waals surface area contributed by atoms with Gasteiger partial charge < -0.3 is 15.4 Å². The molecule has 1 amide bonds. The number of hydrogen-bond donors (Lipinski definition) is 3. The third-order valence-corrected chi connectivity index (χ3v) is 3.79. The van der Waals surface area contributed by atoms with Gasteiger partial charge in [-0.05, 0) is 11.4 Å². The van der Waals surface area contributed by atoms with E-state index in [1.54, 1.807) is 11.4 Å². The molecule has 0 spiro atoms. The SMILES string of the molecule is N#Cc1ccsc1NC(=O)CSc1nc(O)cc(=O)[nH]1. The molecule has 0 unspecified atom stereocenters. The highest BCUT2D eigenvalue weighted by atomic mass is 32.2. The Morgan fingerprint density at radius 1 is 1.65 bits per heavy atom. The Bertz CT molecular complexity index is 732. The first kappa shape index (κ1) is 14.1. The van der Waals surface area contributed by atoms with E-state index in [9.17, 15) is 9.59 Å². The molecule has 0 radical (unpaired) electrons. The monoisotopic (exact) mass is 308 g/mol. The van der Waals surface area contributed by atoms with Gasteiger partial charge >= 0.3 is 0 Å². The number of amides is 1. The number of aromatic hydroxyl groups is 1. The van der Waals surface area contributed by atoms with Crippen molar-refractivity contribution in [3.63, 3.8) is 0 Å². The molecule has 0 aliphatic carbocycles. The van der Waals surface area contributed by atoms with Crippen LogP contribution in [-0.2, 0) is 4.79 Å². The summed E-state index contributed by atoms with van der Waals surface area (Å²) >= 11 is 2.23. The highest BCUT2D eigenvalue weighted by Crippen LogP contribution is 2.22. The van der Waals surface area contributed by atoms with Gasteiger partial charge in [-0.2, -0.15) is 10.2 Å². The van der Waals surface area contributed by atoms with Gasteiger partial charge in [0.15, 0.2) is 5.16 Å². The van der Waals surface area contributed by atoms with E-state index in [-0.39, 0.29) is 16.8 Å². The fraction of sp³-hybridized carbons (Fsp3) is 0.0909. The first-order chi connectivity index (χ1) is 9.58. The van der Waals surface area contributed by atoms with Crippen LogP contribution in [0.3, 0.4) is 0 Å². The number of anilines is 1. The van der Waals surface area contributed by atoms with E-state index in [1.165, 1.54) is 11.3 Å². The highest BCUT2D eigenvalue weighted by molar-refractivity contribution is 7.99. The molecule has 0 saturated carbocycles. The molecule has 0 fully saturated rings. The molecule has 0 saturated heterocycles. The van der Waals surface area contributed by atoms with Crippen LogP contribution in [0.5, 0.6) is 5.88 Å². The Morgan fingerprint density at radius 2 is 2.45 bits per heavy atom. The molecule has 0 aliphatic rings. The summed E-state index contributed by atoms with van der Waals surface area (Å²) < 4.78 is 0. The summed E-state index contributed by atoms with van der Waals surface area (Å²) in [5, 5.41) is 22.9. The van der Waals surface area contributed by atoms with Crippen molar-refractivity contribution < 1.29 is 9.90 Å². The van der Waals surface area contributed by atoms with E-state index in [0.29, 0.717) is 10.6 Å². The zero-order valence-corrected chi connectivity index (χ0v) is 11.5. The zero-order valence-electron chi connectivity index (χ0n) is 9.91. The van der Waals surface area contributed by atoms with Crippen LogP contribution in [0.15, 0.2) is 27.5 Å². The van der Waals surface area contributed by atoms with Crippen molar-refractivity contribution in [3.8, 4) is 11.9 Å². The summed E-state index contributed by atoms with van der Waals surface area (Å²) in [7, 11) is 0. The average Bonchev–Trinajstić information content (AvgIpc) is 2.82. The number of aromatic nitrogens is 2. The Hall–Kier alpha value is -2.31. The molecule has 9 heteroatoms. The summed E-state index contributed by atoms with van der Waals surface area (Å²) in [5.41, 5.74) is -0.0948.